The van der Waals surface area contributed by atoms with Crippen LogP contribution in [-0.4, -0.2) is 0 Å². The summed E-state index contributed by atoms with van der Waals surface area (Å²) in [6.45, 7) is 4.22. The van der Waals surface area contributed by atoms with Crippen LogP contribution in [0, 0.1) is 13.8 Å². The Labute approximate surface area is 167 Å². The maximum absolute atomic E-state index is 2.25. The first kappa shape index (κ1) is 18.0. The normalized spacial score (nSPS) is 11.1. The summed E-state index contributed by atoms with van der Waals surface area (Å²) in [6, 6.07) is 34.3. The van der Waals surface area contributed by atoms with E-state index in [-0.39, 0.29) is 0 Å². The fourth-order valence-electron chi connectivity index (χ4n) is 3.26. The third-order valence-electron chi connectivity index (χ3n) is 5.07. The Kier molecular flexibility index (Phi) is 5.21. The van der Waals surface area contributed by atoms with Crippen molar-refractivity contribution in [2.45, 2.75) is 13.8 Å². The maximum atomic E-state index is 2.25. The molecule has 0 N–H and O–H groups in total. The van der Waals surface area contributed by atoms with E-state index in [0.717, 1.165) is 0 Å². The molecule has 1 aliphatic carbocycles. The summed E-state index contributed by atoms with van der Waals surface area (Å²) in [5.74, 6) is 0. The van der Waals surface area contributed by atoms with Gasteiger partial charge in [-0.1, -0.05) is 114 Å². The van der Waals surface area contributed by atoms with Crippen molar-refractivity contribution < 1.29 is 0 Å². The average molecular weight is 361 g/mol. The first-order valence-corrected chi connectivity index (χ1v) is 9.70. The number of benzene rings is 4. The van der Waals surface area contributed by atoms with Gasteiger partial charge < -0.3 is 0 Å². The maximum Gasteiger partial charge on any atom is -0.0178 e. The van der Waals surface area contributed by atoms with Crippen LogP contribution < -0.4 is 10.4 Å². The van der Waals surface area contributed by atoms with Crippen molar-refractivity contribution >= 4 is 12.2 Å². The summed E-state index contributed by atoms with van der Waals surface area (Å²) in [5.41, 5.74) is 7.78. The molecule has 0 saturated carbocycles. The van der Waals surface area contributed by atoms with Gasteiger partial charge in [0.25, 0.3) is 0 Å². The molecule has 4 aromatic rings. The number of rotatable bonds is 2. The Morgan fingerprint density at radius 1 is 0.393 bits per heavy atom. The van der Waals surface area contributed by atoms with Gasteiger partial charge in [-0.05, 0) is 52.6 Å². The molecule has 4 aromatic carbocycles. The number of fused-ring (bicyclic) bond motifs is 1. The minimum Gasteiger partial charge on any atom is -0.0622 e. The molecule has 0 atom stereocenters. The summed E-state index contributed by atoms with van der Waals surface area (Å²) in [6.07, 6.45) is 4.31. The van der Waals surface area contributed by atoms with Gasteiger partial charge in [-0.15, -0.1) is 0 Å². The van der Waals surface area contributed by atoms with Gasteiger partial charge in [0, 0.05) is 0 Å². The van der Waals surface area contributed by atoms with Gasteiger partial charge in [-0.2, -0.15) is 0 Å². The predicted octanol–water partition coefficient (Wildman–Crippen LogP) is 5.90. The van der Waals surface area contributed by atoms with Crippen molar-refractivity contribution in [3.05, 3.63) is 119 Å². The highest BCUT2D eigenvalue weighted by molar-refractivity contribution is 5.72. The number of hydrogen-bond donors (Lipinski definition) is 0. The van der Waals surface area contributed by atoms with E-state index in [1.54, 1.807) is 0 Å². The van der Waals surface area contributed by atoms with E-state index in [1.165, 1.54) is 43.8 Å². The van der Waals surface area contributed by atoms with E-state index >= 15 is 0 Å². The molecule has 0 saturated heterocycles. The third kappa shape index (κ3) is 4.13. The Morgan fingerprint density at radius 3 is 1.36 bits per heavy atom. The first-order chi connectivity index (χ1) is 13.7. The molecule has 0 bridgehead atoms. The monoisotopic (exact) mass is 360 g/mol. The van der Waals surface area contributed by atoms with Crippen LogP contribution in [0.4, 0.5) is 0 Å². The molecule has 0 unspecified atom stereocenters. The SMILES string of the molecule is Cc1ccc(-c2ccc3c(c2)=CC=3)cc1.Cc1ccc(-c2ccccc2)cc1. The van der Waals surface area contributed by atoms with E-state index < -0.39 is 0 Å². The summed E-state index contributed by atoms with van der Waals surface area (Å²) >= 11 is 0. The fourth-order valence-corrected chi connectivity index (χ4v) is 3.26. The van der Waals surface area contributed by atoms with E-state index in [0.29, 0.717) is 0 Å². The van der Waals surface area contributed by atoms with E-state index in [9.17, 15) is 0 Å². The van der Waals surface area contributed by atoms with Gasteiger partial charge in [0.2, 0.25) is 0 Å². The summed E-state index contributed by atoms with van der Waals surface area (Å²) < 4.78 is 0. The molecule has 0 fully saturated rings. The van der Waals surface area contributed by atoms with Crippen molar-refractivity contribution in [3.63, 3.8) is 0 Å². The Balaban J connectivity index is 0.000000139. The molecule has 0 nitrogen and oxygen atoms in total. The second-order valence-electron chi connectivity index (χ2n) is 7.28. The molecule has 0 radical (unpaired) electrons. The summed E-state index contributed by atoms with van der Waals surface area (Å²) in [7, 11) is 0. The standard InChI is InChI=1S/C15H12.C13H12/c1-11-2-4-12(5-3-11)14-8-6-13-7-9-15(13)10-14;1-11-7-9-13(10-8-11)12-5-3-2-4-6-12/h2-10H,1H3;2-10H,1H3. The second-order valence-corrected chi connectivity index (χ2v) is 7.28. The first-order valence-electron chi connectivity index (χ1n) is 9.70. The highest BCUT2D eigenvalue weighted by Gasteiger charge is 1.99. The molecule has 0 aromatic heterocycles. The Hall–Kier alpha value is -3.38. The van der Waals surface area contributed by atoms with Crippen LogP contribution in [0.5, 0.6) is 0 Å². The molecule has 136 valence electrons. The topological polar surface area (TPSA) is 0 Å². The minimum atomic E-state index is 1.28. The molecule has 0 spiro atoms. The average Bonchev–Trinajstić information content (AvgIpc) is 2.71. The smallest absolute Gasteiger partial charge is 0.0178 e. The number of aryl methyl sites for hydroxylation is 2. The lowest BCUT2D eigenvalue weighted by Crippen LogP contribution is -2.29. The zero-order chi connectivity index (χ0) is 19.3. The lowest BCUT2D eigenvalue weighted by atomic mass is 10.00. The summed E-state index contributed by atoms with van der Waals surface area (Å²) in [4.78, 5) is 0. The largest absolute Gasteiger partial charge is 0.0622 e. The molecular formula is C28H24. The van der Waals surface area contributed by atoms with E-state index in [4.69, 9.17) is 0 Å². The van der Waals surface area contributed by atoms with Gasteiger partial charge >= 0.3 is 0 Å². The van der Waals surface area contributed by atoms with Crippen molar-refractivity contribution in [2.24, 2.45) is 0 Å². The van der Waals surface area contributed by atoms with Crippen LogP contribution in [-0.2, 0) is 0 Å². The third-order valence-corrected chi connectivity index (χ3v) is 5.07. The van der Waals surface area contributed by atoms with E-state index in [1.807, 2.05) is 6.07 Å². The molecule has 0 heterocycles. The second kappa shape index (κ2) is 8.10. The molecule has 0 heteroatoms. The lowest BCUT2D eigenvalue weighted by molar-refractivity contribution is 1.45. The van der Waals surface area contributed by atoms with E-state index in [2.05, 4.69) is 117 Å². The van der Waals surface area contributed by atoms with Crippen LogP contribution >= 0.6 is 0 Å². The van der Waals surface area contributed by atoms with Crippen molar-refractivity contribution in [2.75, 3.05) is 0 Å². The zero-order valence-electron chi connectivity index (χ0n) is 16.4. The van der Waals surface area contributed by atoms with Gasteiger partial charge in [-0.3, -0.25) is 0 Å². The van der Waals surface area contributed by atoms with Crippen molar-refractivity contribution in [1.29, 1.82) is 0 Å². The van der Waals surface area contributed by atoms with Gasteiger partial charge in [0.1, 0.15) is 0 Å². The molecule has 0 aliphatic heterocycles. The van der Waals surface area contributed by atoms with Crippen molar-refractivity contribution in [3.8, 4) is 22.3 Å². The molecule has 0 amide bonds. The Bertz CT molecular complexity index is 1180. The zero-order valence-corrected chi connectivity index (χ0v) is 16.4. The van der Waals surface area contributed by atoms with Crippen molar-refractivity contribution in [1.82, 2.24) is 0 Å². The van der Waals surface area contributed by atoms with Crippen LogP contribution in [0.2, 0.25) is 0 Å². The summed E-state index contributed by atoms with van der Waals surface area (Å²) in [5, 5.41) is 2.71. The highest BCUT2D eigenvalue weighted by atomic mass is 14.0. The fraction of sp³-hybridized carbons (Fsp3) is 0.0714. The van der Waals surface area contributed by atoms with Crippen LogP contribution in [0.15, 0.2) is 97.1 Å². The minimum absolute atomic E-state index is 1.28. The van der Waals surface area contributed by atoms with Crippen LogP contribution in [0.1, 0.15) is 11.1 Å². The molecule has 28 heavy (non-hydrogen) atoms. The van der Waals surface area contributed by atoms with Gasteiger partial charge in [0.05, 0.1) is 0 Å². The molecule has 1 aliphatic rings. The van der Waals surface area contributed by atoms with Gasteiger partial charge in [-0.25, -0.2) is 0 Å². The number of hydrogen-bond acceptors (Lipinski definition) is 0. The quantitative estimate of drug-likeness (QED) is 0.417. The molecule has 5 rings (SSSR count). The molecular weight excluding hydrogens is 336 g/mol. The predicted molar refractivity (Wildman–Crippen MR) is 121 cm³/mol. The highest BCUT2D eigenvalue weighted by Crippen LogP contribution is 2.19. The van der Waals surface area contributed by atoms with Crippen LogP contribution in [0.3, 0.4) is 0 Å². The van der Waals surface area contributed by atoms with Crippen LogP contribution in [0.25, 0.3) is 34.4 Å². The van der Waals surface area contributed by atoms with Gasteiger partial charge in [0.15, 0.2) is 0 Å². The lowest BCUT2D eigenvalue weighted by Gasteiger charge is -2.05. The Morgan fingerprint density at radius 2 is 0.857 bits per heavy atom.